The quantitative estimate of drug-likeness (QED) is 0.810. The molecule has 0 spiro atoms. The predicted molar refractivity (Wildman–Crippen MR) is 90.5 cm³/mol. The standard InChI is InChI=1S/C15H13Cl2NO4S/c1-22-15(19)10-6-7-13(17)14(8-10)18-23(20,21)9-11-4-2-3-5-12(11)16/h2-8,18H,9H2,1H3. The topological polar surface area (TPSA) is 72.5 Å². The van der Waals surface area contributed by atoms with Crippen molar-refractivity contribution >= 4 is 44.9 Å². The van der Waals surface area contributed by atoms with Crippen LogP contribution in [-0.2, 0) is 20.5 Å². The van der Waals surface area contributed by atoms with E-state index in [4.69, 9.17) is 23.2 Å². The van der Waals surface area contributed by atoms with Crippen molar-refractivity contribution in [3.05, 3.63) is 63.6 Å². The van der Waals surface area contributed by atoms with Crippen LogP contribution in [0.5, 0.6) is 0 Å². The fourth-order valence-corrected chi connectivity index (χ4v) is 3.61. The summed E-state index contributed by atoms with van der Waals surface area (Å²) in [5.74, 6) is -0.904. The SMILES string of the molecule is COC(=O)c1ccc(Cl)c(NS(=O)(=O)Cc2ccccc2Cl)c1. The molecule has 1 N–H and O–H groups in total. The van der Waals surface area contributed by atoms with Crippen molar-refractivity contribution in [2.24, 2.45) is 0 Å². The van der Waals surface area contributed by atoms with Crippen molar-refractivity contribution < 1.29 is 17.9 Å². The maximum absolute atomic E-state index is 12.3. The van der Waals surface area contributed by atoms with Crippen LogP contribution in [0.2, 0.25) is 10.0 Å². The van der Waals surface area contributed by atoms with Gasteiger partial charge in [0.2, 0.25) is 10.0 Å². The molecule has 122 valence electrons. The Morgan fingerprint density at radius 3 is 2.48 bits per heavy atom. The number of esters is 1. The Labute approximate surface area is 144 Å². The van der Waals surface area contributed by atoms with E-state index < -0.39 is 16.0 Å². The maximum atomic E-state index is 12.3. The zero-order valence-corrected chi connectivity index (χ0v) is 14.4. The molecule has 2 rings (SSSR count). The number of hydrogen-bond acceptors (Lipinski definition) is 4. The van der Waals surface area contributed by atoms with Crippen LogP contribution in [0.1, 0.15) is 15.9 Å². The van der Waals surface area contributed by atoms with Crippen molar-refractivity contribution in [2.75, 3.05) is 11.8 Å². The largest absolute Gasteiger partial charge is 0.465 e. The highest BCUT2D eigenvalue weighted by molar-refractivity contribution is 7.91. The number of rotatable bonds is 5. The van der Waals surface area contributed by atoms with Crippen LogP contribution in [0.25, 0.3) is 0 Å². The summed E-state index contributed by atoms with van der Waals surface area (Å²) in [6.45, 7) is 0. The highest BCUT2D eigenvalue weighted by atomic mass is 35.5. The number of hydrogen-bond donors (Lipinski definition) is 1. The number of sulfonamides is 1. The number of benzene rings is 2. The molecule has 2 aromatic rings. The third kappa shape index (κ3) is 4.60. The summed E-state index contributed by atoms with van der Waals surface area (Å²) in [6.07, 6.45) is 0. The van der Waals surface area contributed by atoms with Crippen LogP contribution >= 0.6 is 23.2 Å². The van der Waals surface area contributed by atoms with E-state index >= 15 is 0 Å². The van der Waals surface area contributed by atoms with E-state index in [1.807, 2.05) is 0 Å². The number of methoxy groups -OCH3 is 1. The molecule has 23 heavy (non-hydrogen) atoms. The molecular weight excluding hydrogens is 361 g/mol. The van der Waals surface area contributed by atoms with Crippen molar-refractivity contribution in [1.82, 2.24) is 0 Å². The first kappa shape index (κ1) is 17.6. The third-order valence-electron chi connectivity index (χ3n) is 2.96. The second-order valence-electron chi connectivity index (χ2n) is 4.64. The number of anilines is 1. The van der Waals surface area contributed by atoms with Gasteiger partial charge in [-0.05, 0) is 29.8 Å². The first-order chi connectivity index (χ1) is 10.8. The van der Waals surface area contributed by atoms with Crippen LogP contribution in [0, 0.1) is 0 Å². The molecule has 2 aromatic carbocycles. The zero-order valence-electron chi connectivity index (χ0n) is 12.0. The van der Waals surface area contributed by atoms with Gasteiger partial charge >= 0.3 is 5.97 Å². The van der Waals surface area contributed by atoms with Gasteiger partial charge in [0, 0.05) is 5.02 Å². The van der Waals surface area contributed by atoms with E-state index in [1.165, 1.54) is 25.3 Å². The molecule has 0 radical (unpaired) electrons. The minimum absolute atomic E-state index is 0.0987. The van der Waals surface area contributed by atoms with Crippen LogP contribution < -0.4 is 4.72 Å². The summed E-state index contributed by atoms with van der Waals surface area (Å²) in [7, 11) is -2.52. The van der Waals surface area contributed by atoms with Crippen LogP contribution in [0.15, 0.2) is 42.5 Å². The molecular formula is C15H13Cl2NO4S. The van der Waals surface area contributed by atoms with Gasteiger partial charge < -0.3 is 4.74 Å². The zero-order chi connectivity index (χ0) is 17.0. The molecule has 0 fully saturated rings. The van der Waals surface area contributed by atoms with E-state index in [-0.39, 0.29) is 22.0 Å². The van der Waals surface area contributed by atoms with Crippen molar-refractivity contribution in [2.45, 2.75) is 5.75 Å². The Balaban J connectivity index is 2.27. The Hall–Kier alpha value is -1.76. The van der Waals surface area contributed by atoms with Crippen molar-refractivity contribution in [3.8, 4) is 0 Å². The molecule has 5 nitrogen and oxygen atoms in total. The Morgan fingerprint density at radius 1 is 1.13 bits per heavy atom. The predicted octanol–water partition coefficient (Wildman–Crippen LogP) is 3.72. The fourth-order valence-electron chi connectivity index (χ4n) is 1.87. The molecule has 8 heteroatoms. The third-order valence-corrected chi connectivity index (χ3v) is 4.88. The molecule has 0 aliphatic heterocycles. The fraction of sp³-hybridized carbons (Fsp3) is 0.133. The average Bonchev–Trinajstić information content (AvgIpc) is 2.50. The summed E-state index contributed by atoms with van der Waals surface area (Å²) < 4.78 is 31.5. The van der Waals surface area contributed by atoms with E-state index in [9.17, 15) is 13.2 Å². The van der Waals surface area contributed by atoms with Crippen molar-refractivity contribution in [1.29, 1.82) is 0 Å². The molecule has 0 saturated carbocycles. The van der Waals surface area contributed by atoms with Crippen molar-refractivity contribution in [3.63, 3.8) is 0 Å². The molecule has 0 aliphatic rings. The van der Waals surface area contributed by atoms with E-state index in [1.54, 1.807) is 24.3 Å². The van der Waals surface area contributed by atoms with Crippen LogP contribution in [-0.4, -0.2) is 21.5 Å². The second kappa shape index (κ2) is 7.21. The van der Waals surface area contributed by atoms with Gasteiger partial charge in [-0.2, -0.15) is 0 Å². The number of nitrogens with one attached hydrogen (secondary N) is 1. The summed E-state index contributed by atoms with van der Waals surface area (Å²) in [5, 5.41) is 0.521. The van der Waals surface area contributed by atoms with Crippen LogP contribution in [0.3, 0.4) is 0 Å². The van der Waals surface area contributed by atoms with E-state index in [0.29, 0.717) is 10.6 Å². The Kier molecular flexibility index (Phi) is 5.51. The number of carbonyl (C=O) groups is 1. The Bertz CT molecular complexity index is 837. The summed E-state index contributed by atoms with van der Waals surface area (Å²) in [5.41, 5.74) is 0.746. The number of ether oxygens (including phenoxy) is 1. The average molecular weight is 374 g/mol. The van der Waals surface area contributed by atoms with E-state index in [2.05, 4.69) is 9.46 Å². The highest BCUT2D eigenvalue weighted by Crippen LogP contribution is 2.26. The lowest BCUT2D eigenvalue weighted by atomic mass is 10.2. The van der Waals surface area contributed by atoms with Gasteiger partial charge in [-0.1, -0.05) is 41.4 Å². The molecule has 0 unspecified atom stereocenters. The molecule has 0 heterocycles. The smallest absolute Gasteiger partial charge is 0.337 e. The minimum Gasteiger partial charge on any atom is -0.465 e. The molecule has 0 aliphatic carbocycles. The van der Waals surface area contributed by atoms with Gasteiger partial charge in [-0.15, -0.1) is 0 Å². The summed E-state index contributed by atoms with van der Waals surface area (Å²) in [6, 6.07) is 10.8. The maximum Gasteiger partial charge on any atom is 0.337 e. The highest BCUT2D eigenvalue weighted by Gasteiger charge is 2.17. The molecule has 0 saturated heterocycles. The van der Waals surface area contributed by atoms with Gasteiger partial charge in [0.1, 0.15) is 0 Å². The van der Waals surface area contributed by atoms with Crippen LogP contribution in [0.4, 0.5) is 5.69 Å². The Morgan fingerprint density at radius 2 is 1.83 bits per heavy atom. The molecule has 0 atom stereocenters. The molecule has 0 amide bonds. The van der Waals surface area contributed by atoms with Gasteiger partial charge in [0.15, 0.2) is 0 Å². The lowest BCUT2D eigenvalue weighted by Gasteiger charge is -2.11. The molecule has 0 bridgehead atoms. The first-order valence-corrected chi connectivity index (χ1v) is 8.85. The second-order valence-corrected chi connectivity index (χ2v) is 7.18. The lowest BCUT2D eigenvalue weighted by Crippen LogP contribution is -2.16. The molecule has 0 aromatic heterocycles. The monoisotopic (exact) mass is 373 g/mol. The normalized spacial score (nSPS) is 11.1. The first-order valence-electron chi connectivity index (χ1n) is 6.44. The van der Waals surface area contributed by atoms with E-state index in [0.717, 1.165) is 0 Å². The summed E-state index contributed by atoms with van der Waals surface area (Å²) >= 11 is 11.9. The lowest BCUT2D eigenvalue weighted by molar-refractivity contribution is 0.0601. The van der Waals surface area contributed by atoms with Gasteiger partial charge in [-0.25, -0.2) is 13.2 Å². The number of halogens is 2. The van der Waals surface area contributed by atoms with Gasteiger partial charge in [-0.3, -0.25) is 4.72 Å². The van der Waals surface area contributed by atoms with Gasteiger partial charge in [0.25, 0.3) is 0 Å². The van der Waals surface area contributed by atoms with Gasteiger partial charge in [0.05, 0.1) is 29.1 Å². The summed E-state index contributed by atoms with van der Waals surface area (Å²) in [4.78, 5) is 11.5. The minimum atomic E-state index is -3.75. The number of carbonyl (C=O) groups excluding carboxylic acids is 1.